The highest BCUT2D eigenvalue weighted by Gasteiger charge is 2.29. The van der Waals surface area contributed by atoms with Gasteiger partial charge in [0.1, 0.15) is 5.82 Å². The van der Waals surface area contributed by atoms with Crippen molar-refractivity contribution in [3.05, 3.63) is 35.6 Å². The third-order valence-corrected chi connectivity index (χ3v) is 3.47. The topological polar surface area (TPSA) is 52.6 Å². The maximum Gasteiger partial charge on any atom is 0.237 e. The first kappa shape index (κ1) is 14.0. The minimum Gasteiger partial charge on any atom is -0.387 e. The number of benzene rings is 1. The maximum atomic E-state index is 13.1. The summed E-state index contributed by atoms with van der Waals surface area (Å²) in [6.45, 7) is 3.58. The van der Waals surface area contributed by atoms with Crippen LogP contribution in [0.3, 0.4) is 0 Å². The van der Waals surface area contributed by atoms with Crippen molar-refractivity contribution in [2.24, 2.45) is 0 Å². The van der Waals surface area contributed by atoms with E-state index in [1.807, 2.05) is 11.8 Å². The molecule has 1 fully saturated rings. The third-order valence-electron chi connectivity index (χ3n) is 3.47. The fourth-order valence-corrected chi connectivity index (χ4v) is 2.47. The normalized spacial score (nSPS) is 22.1. The first-order valence-corrected chi connectivity index (χ1v) is 6.57. The lowest BCUT2D eigenvalue weighted by molar-refractivity contribution is -0.129. The van der Waals surface area contributed by atoms with Crippen LogP contribution in [0.4, 0.5) is 4.39 Å². The molecule has 1 aromatic rings. The number of hydrogen-bond acceptors (Lipinski definition) is 3. The summed E-state index contributed by atoms with van der Waals surface area (Å²) in [5, 5.41) is 13.0. The molecule has 1 aromatic carbocycles. The van der Waals surface area contributed by atoms with E-state index < -0.39 is 6.10 Å². The van der Waals surface area contributed by atoms with Gasteiger partial charge in [0.25, 0.3) is 0 Å². The van der Waals surface area contributed by atoms with Crippen LogP contribution < -0.4 is 5.32 Å². The number of hydrogen-bond donors (Lipinski definition) is 2. The van der Waals surface area contributed by atoms with Crippen LogP contribution in [0.25, 0.3) is 0 Å². The lowest BCUT2D eigenvalue weighted by Gasteiger charge is -2.35. The molecule has 2 atom stereocenters. The summed E-state index contributed by atoms with van der Waals surface area (Å²) >= 11 is 0. The SMILES string of the molecule is CC[C@H]1C(=O)NCCN1C[C@@H](O)c1cccc(F)c1. The second-order valence-corrected chi connectivity index (χ2v) is 4.78. The van der Waals surface area contributed by atoms with E-state index in [2.05, 4.69) is 5.32 Å². The number of β-amino-alcohol motifs (C(OH)–C–C–N with tert-alkyl or cyclic N) is 1. The average Bonchev–Trinajstić information content (AvgIpc) is 2.39. The van der Waals surface area contributed by atoms with Crippen molar-refractivity contribution in [2.45, 2.75) is 25.5 Å². The lowest BCUT2D eigenvalue weighted by atomic mass is 10.1. The van der Waals surface area contributed by atoms with Crippen LogP contribution in [-0.2, 0) is 4.79 Å². The van der Waals surface area contributed by atoms with Crippen molar-refractivity contribution >= 4 is 5.91 Å². The fraction of sp³-hybridized carbons (Fsp3) is 0.500. The highest BCUT2D eigenvalue weighted by molar-refractivity contribution is 5.82. The number of rotatable bonds is 4. The number of halogens is 1. The van der Waals surface area contributed by atoms with Gasteiger partial charge in [-0.25, -0.2) is 4.39 Å². The number of amides is 1. The van der Waals surface area contributed by atoms with Crippen molar-refractivity contribution in [1.29, 1.82) is 0 Å². The first-order valence-electron chi connectivity index (χ1n) is 6.57. The van der Waals surface area contributed by atoms with E-state index in [0.717, 1.165) is 0 Å². The van der Waals surface area contributed by atoms with Gasteiger partial charge in [0.2, 0.25) is 5.91 Å². The van der Waals surface area contributed by atoms with E-state index in [0.29, 0.717) is 31.6 Å². The zero-order valence-corrected chi connectivity index (χ0v) is 11.0. The van der Waals surface area contributed by atoms with Crippen molar-refractivity contribution in [3.8, 4) is 0 Å². The van der Waals surface area contributed by atoms with E-state index in [9.17, 15) is 14.3 Å². The molecule has 2 rings (SSSR count). The summed E-state index contributed by atoms with van der Waals surface area (Å²) in [4.78, 5) is 13.7. The molecule has 0 radical (unpaired) electrons. The van der Waals surface area contributed by atoms with Crippen molar-refractivity contribution in [1.82, 2.24) is 10.2 Å². The molecule has 0 bridgehead atoms. The van der Waals surface area contributed by atoms with E-state index in [-0.39, 0.29) is 17.8 Å². The number of carbonyl (C=O) groups is 1. The van der Waals surface area contributed by atoms with Crippen LogP contribution >= 0.6 is 0 Å². The van der Waals surface area contributed by atoms with E-state index in [4.69, 9.17) is 0 Å². The molecule has 104 valence electrons. The van der Waals surface area contributed by atoms with Crippen LogP contribution in [0.15, 0.2) is 24.3 Å². The standard InChI is InChI=1S/C14H19FN2O2/c1-2-12-14(19)16-6-7-17(12)9-13(18)10-4-3-5-11(15)8-10/h3-5,8,12-13,18H,2,6-7,9H2,1H3,(H,16,19)/t12-,13+/m0/s1. The summed E-state index contributed by atoms with van der Waals surface area (Å²) in [6.07, 6.45) is -0.0857. The molecule has 1 aliphatic rings. The number of nitrogens with zero attached hydrogens (tertiary/aromatic N) is 1. The Morgan fingerprint density at radius 3 is 3.05 bits per heavy atom. The summed E-state index contributed by atoms with van der Waals surface area (Å²) in [6, 6.07) is 5.74. The highest BCUT2D eigenvalue weighted by Crippen LogP contribution is 2.18. The Hall–Kier alpha value is -1.46. The van der Waals surface area contributed by atoms with Gasteiger partial charge in [-0.1, -0.05) is 19.1 Å². The molecule has 1 amide bonds. The number of aliphatic hydroxyl groups excluding tert-OH is 1. The Morgan fingerprint density at radius 1 is 1.58 bits per heavy atom. The second-order valence-electron chi connectivity index (χ2n) is 4.78. The smallest absolute Gasteiger partial charge is 0.237 e. The largest absolute Gasteiger partial charge is 0.387 e. The number of carbonyl (C=O) groups excluding carboxylic acids is 1. The monoisotopic (exact) mass is 266 g/mol. The van der Waals surface area contributed by atoms with Gasteiger partial charge in [-0.3, -0.25) is 9.69 Å². The minimum absolute atomic E-state index is 0.000178. The van der Waals surface area contributed by atoms with Gasteiger partial charge in [0.05, 0.1) is 12.1 Å². The molecule has 4 nitrogen and oxygen atoms in total. The molecule has 5 heteroatoms. The molecule has 0 spiro atoms. The van der Waals surface area contributed by atoms with Gasteiger partial charge in [0.15, 0.2) is 0 Å². The van der Waals surface area contributed by atoms with Gasteiger partial charge in [-0.15, -0.1) is 0 Å². The number of aliphatic hydroxyl groups is 1. The Morgan fingerprint density at radius 2 is 2.37 bits per heavy atom. The Kier molecular flexibility index (Phi) is 4.50. The Labute approximate surface area is 112 Å². The summed E-state index contributed by atoms with van der Waals surface area (Å²) in [5.74, 6) is -0.361. The van der Waals surface area contributed by atoms with Crippen LogP contribution in [0.1, 0.15) is 25.0 Å². The molecule has 0 aliphatic carbocycles. The van der Waals surface area contributed by atoms with Gasteiger partial charge < -0.3 is 10.4 Å². The van der Waals surface area contributed by atoms with Gasteiger partial charge in [-0.05, 0) is 24.1 Å². The van der Waals surface area contributed by atoms with E-state index in [1.165, 1.54) is 12.1 Å². The maximum absolute atomic E-state index is 13.1. The molecule has 0 aromatic heterocycles. The molecule has 0 saturated carbocycles. The average molecular weight is 266 g/mol. The number of piperazine rings is 1. The zero-order chi connectivity index (χ0) is 13.8. The summed E-state index contributed by atoms with van der Waals surface area (Å²) in [7, 11) is 0. The second kappa shape index (κ2) is 6.12. The predicted octanol–water partition coefficient (Wildman–Crippen LogP) is 1.07. The van der Waals surface area contributed by atoms with E-state index in [1.54, 1.807) is 12.1 Å². The Bertz CT molecular complexity index is 453. The van der Waals surface area contributed by atoms with Gasteiger partial charge in [0, 0.05) is 19.6 Å². The van der Waals surface area contributed by atoms with Crippen molar-refractivity contribution in [2.75, 3.05) is 19.6 Å². The quantitative estimate of drug-likeness (QED) is 0.857. The van der Waals surface area contributed by atoms with Crippen LogP contribution in [0.2, 0.25) is 0 Å². The molecule has 1 aliphatic heterocycles. The Balaban J connectivity index is 2.05. The molecule has 1 heterocycles. The summed E-state index contributed by atoms with van der Waals surface area (Å²) < 4.78 is 13.1. The first-order chi connectivity index (χ1) is 9.11. The molecule has 0 unspecified atom stereocenters. The van der Waals surface area contributed by atoms with E-state index >= 15 is 0 Å². The molecule has 2 N–H and O–H groups in total. The molecular weight excluding hydrogens is 247 g/mol. The molecular formula is C14H19FN2O2. The minimum atomic E-state index is -0.782. The molecule has 1 saturated heterocycles. The van der Waals surface area contributed by atoms with Crippen LogP contribution in [0, 0.1) is 5.82 Å². The number of nitrogens with one attached hydrogen (secondary N) is 1. The van der Waals surface area contributed by atoms with Crippen LogP contribution in [-0.4, -0.2) is 41.6 Å². The predicted molar refractivity (Wildman–Crippen MR) is 70.0 cm³/mol. The highest BCUT2D eigenvalue weighted by atomic mass is 19.1. The lowest BCUT2D eigenvalue weighted by Crippen LogP contribution is -2.55. The van der Waals surface area contributed by atoms with Gasteiger partial charge in [-0.2, -0.15) is 0 Å². The third kappa shape index (κ3) is 3.30. The zero-order valence-electron chi connectivity index (χ0n) is 11.0. The van der Waals surface area contributed by atoms with Crippen LogP contribution in [0.5, 0.6) is 0 Å². The van der Waals surface area contributed by atoms with Crippen molar-refractivity contribution < 1.29 is 14.3 Å². The molecule has 19 heavy (non-hydrogen) atoms. The fourth-order valence-electron chi connectivity index (χ4n) is 2.47. The van der Waals surface area contributed by atoms with Crippen molar-refractivity contribution in [3.63, 3.8) is 0 Å². The van der Waals surface area contributed by atoms with Gasteiger partial charge >= 0.3 is 0 Å². The summed E-state index contributed by atoms with van der Waals surface area (Å²) in [5.41, 5.74) is 0.542.